The van der Waals surface area contributed by atoms with E-state index < -0.39 is 23.5 Å². The van der Waals surface area contributed by atoms with E-state index in [9.17, 15) is 26.3 Å². The number of morpholine rings is 1. The number of alkyl halides is 6. The van der Waals surface area contributed by atoms with Crippen molar-refractivity contribution in [2.24, 2.45) is 0 Å². The summed E-state index contributed by atoms with van der Waals surface area (Å²) in [6.45, 7) is 5.33. The summed E-state index contributed by atoms with van der Waals surface area (Å²) in [5.41, 5.74) is 1.86. The molecule has 0 unspecified atom stereocenters. The molecule has 2 aliphatic heterocycles. The van der Waals surface area contributed by atoms with Crippen molar-refractivity contribution in [3.8, 4) is 0 Å². The van der Waals surface area contributed by atoms with Crippen LogP contribution in [0.4, 0.5) is 49.9 Å². The van der Waals surface area contributed by atoms with Crippen LogP contribution in [0.15, 0.2) is 97.1 Å². The van der Waals surface area contributed by atoms with Crippen molar-refractivity contribution >= 4 is 45.3 Å². The third-order valence-electron chi connectivity index (χ3n) is 9.35. The fourth-order valence-corrected chi connectivity index (χ4v) is 6.36. The Balaban J connectivity index is 0.000000169. The first-order valence-electron chi connectivity index (χ1n) is 17.9. The van der Waals surface area contributed by atoms with Gasteiger partial charge in [0.1, 0.15) is 11.6 Å². The molecule has 4 heterocycles. The highest BCUT2D eigenvalue weighted by Crippen LogP contribution is 2.31. The molecular formula is C40H38F6N8O. The highest BCUT2D eigenvalue weighted by Gasteiger charge is 2.31. The first-order valence-corrected chi connectivity index (χ1v) is 17.9. The Bertz CT molecular complexity index is 2200. The van der Waals surface area contributed by atoms with Crippen LogP contribution in [0.2, 0.25) is 0 Å². The molecule has 0 atom stereocenters. The van der Waals surface area contributed by atoms with E-state index in [0.717, 1.165) is 96.2 Å². The average molecular weight is 761 g/mol. The topological polar surface area (TPSA) is 91.3 Å². The lowest BCUT2D eigenvalue weighted by molar-refractivity contribution is -0.138. The van der Waals surface area contributed by atoms with Gasteiger partial charge in [0.25, 0.3) is 0 Å². The third kappa shape index (κ3) is 9.34. The molecule has 0 amide bonds. The first-order chi connectivity index (χ1) is 26.5. The van der Waals surface area contributed by atoms with E-state index in [4.69, 9.17) is 4.74 Å². The lowest BCUT2D eigenvalue weighted by Crippen LogP contribution is -2.37. The number of fused-ring (bicyclic) bond motifs is 2. The van der Waals surface area contributed by atoms with Gasteiger partial charge in [0.2, 0.25) is 11.9 Å². The minimum Gasteiger partial charge on any atom is -0.378 e. The number of rotatable bonds is 8. The van der Waals surface area contributed by atoms with Crippen LogP contribution in [0.1, 0.15) is 35.1 Å². The van der Waals surface area contributed by atoms with Gasteiger partial charge in [-0.2, -0.15) is 36.3 Å². The van der Waals surface area contributed by atoms with Crippen LogP contribution in [0.5, 0.6) is 0 Å². The Kier molecular flexibility index (Phi) is 11.2. The number of hydrogen-bond acceptors (Lipinski definition) is 9. The average Bonchev–Trinajstić information content (AvgIpc) is 3.75. The number of benzene rings is 4. The van der Waals surface area contributed by atoms with Crippen LogP contribution in [0.3, 0.4) is 0 Å². The molecule has 8 rings (SSSR count). The van der Waals surface area contributed by atoms with Crippen molar-refractivity contribution in [3.05, 3.63) is 119 Å². The molecule has 6 aromatic rings. The fraction of sp³-hybridized carbons (Fsp3) is 0.300. The Labute approximate surface area is 313 Å². The van der Waals surface area contributed by atoms with Gasteiger partial charge >= 0.3 is 12.4 Å². The molecule has 286 valence electrons. The zero-order valence-electron chi connectivity index (χ0n) is 29.7. The number of nitrogens with one attached hydrogen (secondary N) is 2. The summed E-state index contributed by atoms with van der Waals surface area (Å²) in [6.07, 6.45) is -6.39. The molecule has 2 N–H and O–H groups in total. The van der Waals surface area contributed by atoms with Crippen LogP contribution < -0.4 is 20.4 Å². The van der Waals surface area contributed by atoms with Gasteiger partial charge in [-0.1, -0.05) is 48.5 Å². The minimum absolute atomic E-state index is 0.363. The van der Waals surface area contributed by atoms with Crippen LogP contribution in [0.25, 0.3) is 21.8 Å². The molecule has 2 aliphatic rings. The molecule has 0 bridgehead atoms. The van der Waals surface area contributed by atoms with Gasteiger partial charge in [0.05, 0.1) is 35.4 Å². The van der Waals surface area contributed by atoms with Crippen LogP contribution in [-0.4, -0.2) is 59.3 Å². The summed E-state index contributed by atoms with van der Waals surface area (Å²) in [5, 5.41) is 8.28. The molecule has 4 aromatic carbocycles. The second-order valence-electron chi connectivity index (χ2n) is 13.2. The van der Waals surface area contributed by atoms with Crippen molar-refractivity contribution in [1.82, 2.24) is 19.9 Å². The van der Waals surface area contributed by atoms with E-state index in [0.29, 0.717) is 49.8 Å². The smallest absolute Gasteiger partial charge is 0.378 e. The Morgan fingerprint density at radius 3 is 1.33 bits per heavy atom. The summed E-state index contributed by atoms with van der Waals surface area (Å²) >= 11 is 0. The van der Waals surface area contributed by atoms with Crippen LogP contribution in [0, 0.1) is 0 Å². The lowest BCUT2D eigenvalue weighted by atomic mass is 10.1. The first kappa shape index (κ1) is 37.6. The van der Waals surface area contributed by atoms with Crippen LogP contribution in [-0.2, 0) is 30.2 Å². The molecule has 55 heavy (non-hydrogen) atoms. The second kappa shape index (κ2) is 16.3. The van der Waals surface area contributed by atoms with Gasteiger partial charge in [-0.25, -0.2) is 9.97 Å². The molecule has 2 fully saturated rings. The Morgan fingerprint density at radius 2 is 0.909 bits per heavy atom. The summed E-state index contributed by atoms with van der Waals surface area (Å²) in [6, 6.07) is 25.7. The molecule has 0 spiro atoms. The number of anilines is 4. The van der Waals surface area contributed by atoms with E-state index in [2.05, 4.69) is 40.4 Å². The Morgan fingerprint density at radius 1 is 0.509 bits per heavy atom. The highest BCUT2D eigenvalue weighted by atomic mass is 19.4. The summed E-state index contributed by atoms with van der Waals surface area (Å²) < 4.78 is 81.6. The van der Waals surface area contributed by atoms with Gasteiger partial charge in [-0.05, 0) is 72.5 Å². The quantitative estimate of drug-likeness (QED) is 0.148. The number of ether oxygens (including phenoxy) is 1. The van der Waals surface area contributed by atoms with Crippen molar-refractivity contribution < 1.29 is 31.1 Å². The minimum atomic E-state index is -4.33. The predicted molar refractivity (Wildman–Crippen MR) is 201 cm³/mol. The molecule has 0 aliphatic carbocycles. The standard InChI is InChI=1S/C20H19F3N4O.C20H19F3N4/c21-20(22,23)15-7-5-14(6-8-15)13-24-18-16-3-1-2-4-17(16)25-19(26-18)27-9-11-28-12-10-27;21-20(22,23)15-9-7-14(8-10-15)13-24-18-16-5-1-2-6-17(16)25-19(26-18)27-11-3-4-12-27/h1-8H,9-13H2,(H,24,25,26);1-2,5-10H,3-4,11-13H2,(H,24,25,26). The molecule has 9 nitrogen and oxygen atoms in total. The summed E-state index contributed by atoms with van der Waals surface area (Å²) in [5.74, 6) is 2.67. The van der Waals surface area contributed by atoms with Gasteiger partial charge in [0.15, 0.2) is 0 Å². The molecular weight excluding hydrogens is 722 g/mol. The SMILES string of the molecule is FC(F)(F)c1ccc(CNc2nc(N3CCCC3)nc3ccccc23)cc1.FC(F)(F)c1ccc(CNc2nc(N3CCOCC3)nc3ccccc23)cc1. The number of nitrogens with zero attached hydrogens (tertiary/aromatic N) is 6. The normalized spacial score (nSPS) is 14.9. The van der Waals surface area contributed by atoms with Crippen molar-refractivity contribution in [2.45, 2.75) is 38.3 Å². The lowest BCUT2D eigenvalue weighted by Gasteiger charge is -2.27. The maximum atomic E-state index is 12.7. The largest absolute Gasteiger partial charge is 0.416 e. The van der Waals surface area contributed by atoms with E-state index in [1.165, 1.54) is 24.3 Å². The van der Waals surface area contributed by atoms with Gasteiger partial charge < -0.3 is 25.2 Å². The predicted octanol–water partition coefficient (Wildman–Crippen LogP) is 8.96. The van der Waals surface area contributed by atoms with Gasteiger partial charge in [0, 0.05) is 50.0 Å². The molecule has 2 saturated heterocycles. The molecule has 0 radical (unpaired) electrons. The van der Waals surface area contributed by atoms with Gasteiger partial charge in [-0.15, -0.1) is 0 Å². The second-order valence-corrected chi connectivity index (χ2v) is 13.2. The third-order valence-corrected chi connectivity index (χ3v) is 9.35. The number of hydrogen-bond donors (Lipinski definition) is 2. The van der Waals surface area contributed by atoms with E-state index >= 15 is 0 Å². The number of aromatic nitrogens is 4. The highest BCUT2D eigenvalue weighted by molar-refractivity contribution is 5.91. The molecule has 0 saturated carbocycles. The zero-order chi connectivity index (χ0) is 38.4. The summed E-state index contributed by atoms with van der Waals surface area (Å²) in [4.78, 5) is 22.9. The van der Waals surface area contributed by atoms with Crippen molar-refractivity contribution in [1.29, 1.82) is 0 Å². The van der Waals surface area contributed by atoms with E-state index in [1.807, 2.05) is 48.5 Å². The number of halogens is 6. The zero-order valence-corrected chi connectivity index (χ0v) is 29.7. The van der Waals surface area contributed by atoms with Crippen molar-refractivity contribution in [2.75, 3.05) is 59.8 Å². The van der Waals surface area contributed by atoms with Crippen LogP contribution >= 0.6 is 0 Å². The van der Waals surface area contributed by atoms with Gasteiger partial charge in [-0.3, -0.25) is 0 Å². The maximum absolute atomic E-state index is 12.7. The summed E-state index contributed by atoms with van der Waals surface area (Å²) in [7, 11) is 0. The Hall–Kier alpha value is -5.70. The van der Waals surface area contributed by atoms with Crippen molar-refractivity contribution in [3.63, 3.8) is 0 Å². The number of para-hydroxylation sites is 2. The monoisotopic (exact) mass is 760 g/mol. The fourth-order valence-electron chi connectivity index (χ4n) is 6.36. The van der Waals surface area contributed by atoms with E-state index in [1.54, 1.807) is 0 Å². The molecule has 15 heteroatoms. The van der Waals surface area contributed by atoms with E-state index in [-0.39, 0.29) is 0 Å². The maximum Gasteiger partial charge on any atom is 0.416 e. The molecule has 2 aromatic heterocycles.